The predicted octanol–water partition coefficient (Wildman–Crippen LogP) is 0.601. The molecule has 0 bridgehead atoms. The number of carbonyl (C=O) groups is 2. The SMILES string of the molecule is COC(=O)/C=C/C(=O)OCCCCN(C)C. The number of methoxy groups -OCH3 is 1. The number of hydrogen-bond donors (Lipinski definition) is 0. The predicted molar refractivity (Wildman–Crippen MR) is 59.9 cm³/mol. The van der Waals surface area contributed by atoms with Crippen molar-refractivity contribution in [2.75, 3.05) is 34.4 Å². The summed E-state index contributed by atoms with van der Waals surface area (Å²) in [6.07, 6.45) is 3.90. The van der Waals surface area contributed by atoms with Crippen LogP contribution in [0.3, 0.4) is 0 Å². The van der Waals surface area contributed by atoms with Crippen LogP contribution in [0.2, 0.25) is 0 Å². The second kappa shape index (κ2) is 8.91. The van der Waals surface area contributed by atoms with Gasteiger partial charge in [0.2, 0.25) is 0 Å². The number of carbonyl (C=O) groups excluding carboxylic acids is 2. The Morgan fingerprint density at radius 3 is 2.31 bits per heavy atom. The molecule has 0 amide bonds. The first-order valence-corrected chi connectivity index (χ1v) is 5.13. The minimum absolute atomic E-state index is 0.373. The Bertz CT molecular complexity index is 248. The van der Waals surface area contributed by atoms with Crippen molar-refractivity contribution in [1.29, 1.82) is 0 Å². The summed E-state index contributed by atoms with van der Waals surface area (Å²) in [6, 6.07) is 0. The van der Waals surface area contributed by atoms with E-state index in [4.69, 9.17) is 4.74 Å². The highest BCUT2D eigenvalue weighted by Crippen LogP contribution is 1.93. The highest BCUT2D eigenvalue weighted by molar-refractivity contribution is 5.91. The maximum Gasteiger partial charge on any atom is 0.331 e. The van der Waals surface area contributed by atoms with E-state index in [0.717, 1.165) is 31.5 Å². The molecule has 92 valence electrons. The second-order valence-corrected chi connectivity index (χ2v) is 3.53. The van der Waals surface area contributed by atoms with Gasteiger partial charge in [-0.05, 0) is 33.5 Å². The first-order chi connectivity index (χ1) is 7.56. The van der Waals surface area contributed by atoms with Gasteiger partial charge in [0.05, 0.1) is 13.7 Å². The molecule has 0 fully saturated rings. The Morgan fingerprint density at radius 2 is 1.75 bits per heavy atom. The van der Waals surface area contributed by atoms with Crippen LogP contribution in [-0.2, 0) is 19.1 Å². The van der Waals surface area contributed by atoms with E-state index in [1.54, 1.807) is 0 Å². The van der Waals surface area contributed by atoms with Gasteiger partial charge >= 0.3 is 11.9 Å². The summed E-state index contributed by atoms with van der Waals surface area (Å²) < 4.78 is 9.20. The molecule has 0 saturated heterocycles. The summed E-state index contributed by atoms with van der Waals surface area (Å²) in [5, 5.41) is 0. The molecule has 5 nitrogen and oxygen atoms in total. The van der Waals surface area contributed by atoms with Gasteiger partial charge in [0.25, 0.3) is 0 Å². The Morgan fingerprint density at radius 1 is 1.12 bits per heavy atom. The van der Waals surface area contributed by atoms with E-state index in [9.17, 15) is 9.59 Å². The zero-order chi connectivity index (χ0) is 12.4. The minimum atomic E-state index is -0.565. The quantitative estimate of drug-likeness (QED) is 0.363. The zero-order valence-electron chi connectivity index (χ0n) is 10.1. The van der Waals surface area contributed by atoms with Crippen LogP contribution >= 0.6 is 0 Å². The van der Waals surface area contributed by atoms with E-state index >= 15 is 0 Å². The van der Waals surface area contributed by atoms with Crippen LogP contribution in [0, 0.1) is 0 Å². The van der Waals surface area contributed by atoms with Crippen molar-refractivity contribution in [3.8, 4) is 0 Å². The van der Waals surface area contributed by atoms with Gasteiger partial charge in [-0.2, -0.15) is 0 Å². The Kier molecular flexibility index (Phi) is 8.15. The summed E-state index contributed by atoms with van der Waals surface area (Å²) in [7, 11) is 5.23. The first kappa shape index (κ1) is 14.6. The average molecular weight is 229 g/mol. The average Bonchev–Trinajstić information content (AvgIpc) is 2.24. The first-order valence-electron chi connectivity index (χ1n) is 5.13. The third-order valence-electron chi connectivity index (χ3n) is 1.80. The lowest BCUT2D eigenvalue weighted by Gasteiger charge is -2.08. The third-order valence-corrected chi connectivity index (χ3v) is 1.80. The van der Waals surface area contributed by atoms with Crippen LogP contribution < -0.4 is 0 Å². The molecule has 0 radical (unpaired) electrons. The van der Waals surface area contributed by atoms with Crippen molar-refractivity contribution in [3.05, 3.63) is 12.2 Å². The number of unbranched alkanes of at least 4 members (excludes halogenated alkanes) is 1. The lowest BCUT2D eigenvalue weighted by Crippen LogP contribution is -2.13. The molecule has 0 heterocycles. The maximum atomic E-state index is 11.0. The van der Waals surface area contributed by atoms with Crippen molar-refractivity contribution >= 4 is 11.9 Å². The van der Waals surface area contributed by atoms with Crippen LogP contribution in [0.15, 0.2) is 12.2 Å². The number of esters is 2. The van der Waals surface area contributed by atoms with Gasteiger partial charge in [0, 0.05) is 12.2 Å². The van der Waals surface area contributed by atoms with E-state index in [2.05, 4.69) is 9.64 Å². The number of ether oxygens (including phenoxy) is 2. The highest BCUT2D eigenvalue weighted by Gasteiger charge is 1.99. The van der Waals surface area contributed by atoms with E-state index in [-0.39, 0.29) is 0 Å². The van der Waals surface area contributed by atoms with Crippen LogP contribution in [0.1, 0.15) is 12.8 Å². The molecule has 16 heavy (non-hydrogen) atoms. The maximum absolute atomic E-state index is 11.0. The fourth-order valence-electron chi connectivity index (χ4n) is 0.955. The van der Waals surface area contributed by atoms with Gasteiger partial charge in [0.15, 0.2) is 0 Å². The molecule has 0 saturated carbocycles. The van der Waals surface area contributed by atoms with Crippen LogP contribution in [-0.4, -0.2) is 51.2 Å². The van der Waals surface area contributed by atoms with Crippen molar-refractivity contribution in [2.45, 2.75) is 12.8 Å². The second-order valence-electron chi connectivity index (χ2n) is 3.53. The monoisotopic (exact) mass is 229 g/mol. The summed E-state index contributed by atoms with van der Waals surface area (Å²) in [5.74, 6) is -1.08. The van der Waals surface area contributed by atoms with Crippen LogP contribution in [0.4, 0.5) is 0 Å². The van der Waals surface area contributed by atoms with Gasteiger partial charge < -0.3 is 14.4 Å². The van der Waals surface area contributed by atoms with E-state index in [1.807, 2.05) is 14.1 Å². The van der Waals surface area contributed by atoms with Crippen LogP contribution in [0.25, 0.3) is 0 Å². The molecule has 5 heteroatoms. The summed E-state index contributed by atoms with van der Waals surface area (Å²) >= 11 is 0. The van der Waals surface area contributed by atoms with Crippen molar-refractivity contribution < 1.29 is 19.1 Å². The van der Waals surface area contributed by atoms with Gasteiger partial charge in [-0.1, -0.05) is 0 Å². The molecular formula is C11H19NO4. The minimum Gasteiger partial charge on any atom is -0.466 e. The van der Waals surface area contributed by atoms with Gasteiger partial charge in [-0.15, -0.1) is 0 Å². The summed E-state index contributed by atoms with van der Waals surface area (Å²) in [6.45, 7) is 1.34. The molecule has 0 spiro atoms. The Hall–Kier alpha value is -1.36. The van der Waals surface area contributed by atoms with Crippen molar-refractivity contribution in [2.24, 2.45) is 0 Å². The fraction of sp³-hybridized carbons (Fsp3) is 0.636. The molecule has 0 atom stereocenters. The highest BCUT2D eigenvalue weighted by atomic mass is 16.5. The molecule has 0 aliphatic carbocycles. The smallest absolute Gasteiger partial charge is 0.331 e. The Balaban J connectivity index is 3.51. The lowest BCUT2D eigenvalue weighted by atomic mass is 10.3. The largest absolute Gasteiger partial charge is 0.466 e. The molecule has 0 aromatic rings. The molecule has 0 aliphatic heterocycles. The third kappa shape index (κ3) is 9.21. The van der Waals surface area contributed by atoms with Gasteiger partial charge in [0.1, 0.15) is 0 Å². The number of nitrogens with zero attached hydrogens (tertiary/aromatic N) is 1. The summed E-state index contributed by atoms with van der Waals surface area (Å²) in [4.78, 5) is 23.7. The summed E-state index contributed by atoms with van der Waals surface area (Å²) in [5.41, 5.74) is 0. The van der Waals surface area contributed by atoms with Gasteiger partial charge in [-0.25, -0.2) is 9.59 Å². The normalized spacial score (nSPS) is 10.8. The molecule has 0 aromatic carbocycles. The van der Waals surface area contributed by atoms with Gasteiger partial charge in [-0.3, -0.25) is 0 Å². The van der Waals surface area contributed by atoms with E-state index in [0.29, 0.717) is 6.61 Å². The van der Waals surface area contributed by atoms with Crippen molar-refractivity contribution in [1.82, 2.24) is 4.90 Å². The molecule has 0 aromatic heterocycles. The topological polar surface area (TPSA) is 55.8 Å². The van der Waals surface area contributed by atoms with E-state index < -0.39 is 11.9 Å². The molecule has 0 unspecified atom stereocenters. The van der Waals surface area contributed by atoms with Crippen LogP contribution in [0.5, 0.6) is 0 Å². The Labute approximate surface area is 96.0 Å². The molecular weight excluding hydrogens is 210 g/mol. The number of rotatable bonds is 7. The lowest BCUT2D eigenvalue weighted by molar-refractivity contribution is -0.139. The van der Waals surface area contributed by atoms with E-state index in [1.165, 1.54) is 7.11 Å². The molecule has 0 N–H and O–H groups in total. The molecule has 0 rings (SSSR count). The zero-order valence-corrected chi connectivity index (χ0v) is 10.1. The molecule has 0 aliphatic rings. The fourth-order valence-corrected chi connectivity index (χ4v) is 0.955. The number of hydrogen-bond acceptors (Lipinski definition) is 5. The standard InChI is InChI=1S/C11H19NO4/c1-12(2)8-4-5-9-16-11(14)7-6-10(13)15-3/h6-7H,4-5,8-9H2,1-3H3/b7-6+. The van der Waals surface area contributed by atoms with Crippen molar-refractivity contribution in [3.63, 3.8) is 0 Å².